The highest BCUT2D eigenvalue weighted by Gasteiger charge is 2.03. The Morgan fingerprint density at radius 3 is 2.53 bits per heavy atom. The van der Waals surface area contributed by atoms with Crippen molar-refractivity contribution < 1.29 is 13.6 Å². The maximum Gasteiger partial charge on any atom is 0.245 e. The Balaban J connectivity index is 2.23. The predicted molar refractivity (Wildman–Crippen MR) is 64.0 cm³/mol. The highest BCUT2D eigenvalue weighted by Crippen LogP contribution is 2.22. The molecule has 0 aliphatic carbocycles. The second-order valence-electron chi connectivity index (χ2n) is 3.35. The lowest BCUT2D eigenvalue weighted by molar-refractivity contribution is -0.107. The third-order valence-electron chi connectivity index (χ3n) is 2.13. The molecule has 17 heavy (non-hydrogen) atoms. The lowest BCUT2D eigenvalue weighted by Gasteiger charge is -1.95. The zero-order valence-corrected chi connectivity index (χ0v) is 9.45. The van der Waals surface area contributed by atoms with Gasteiger partial charge in [-0.3, -0.25) is 4.79 Å². The molecule has 86 valence electrons. The molecular weight excluding hydrogens is 243 g/mol. The van der Waals surface area contributed by atoms with Crippen LogP contribution in [0.15, 0.2) is 46.9 Å². The van der Waals surface area contributed by atoms with Crippen molar-refractivity contribution in [1.82, 2.24) is 0 Å². The number of allylic oxidation sites excluding steroid dienone is 1. The van der Waals surface area contributed by atoms with E-state index in [1.54, 1.807) is 24.3 Å². The minimum absolute atomic E-state index is 0.298. The number of benzene rings is 1. The molecule has 0 spiro atoms. The summed E-state index contributed by atoms with van der Waals surface area (Å²) in [6.07, 6.45) is 2.68. The number of hydrogen-bond donors (Lipinski definition) is 0. The molecule has 2 rings (SSSR count). The van der Waals surface area contributed by atoms with Crippen LogP contribution in [0.5, 0.6) is 0 Å². The van der Waals surface area contributed by atoms with Crippen molar-refractivity contribution in [3.8, 4) is 11.3 Å². The summed E-state index contributed by atoms with van der Waals surface area (Å²) in [5, 5.41) is -0.565. The monoisotopic (exact) mass is 250 g/mol. The van der Waals surface area contributed by atoms with Gasteiger partial charge in [0.05, 0.1) is 0 Å². The largest absolute Gasteiger partial charge is 0.457 e. The van der Waals surface area contributed by atoms with Gasteiger partial charge in [-0.2, -0.15) is 0 Å². The average molecular weight is 251 g/mol. The van der Waals surface area contributed by atoms with Crippen molar-refractivity contribution in [2.75, 3.05) is 0 Å². The third kappa shape index (κ3) is 3.04. The standard InChI is InChI=1S/C13H8ClFO2/c14-13(16)8-6-11-5-7-12(17-11)9-1-3-10(15)4-2-9/h1-8H/b8-6+. The molecule has 0 radical (unpaired) electrons. The van der Waals surface area contributed by atoms with Crippen LogP contribution in [0.25, 0.3) is 17.4 Å². The Hall–Kier alpha value is -1.87. The van der Waals surface area contributed by atoms with E-state index in [2.05, 4.69) is 0 Å². The second-order valence-corrected chi connectivity index (χ2v) is 3.72. The summed E-state index contributed by atoms with van der Waals surface area (Å²) >= 11 is 5.16. The van der Waals surface area contributed by atoms with E-state index in [1.807, 2.05) is 0 Å². The Labute approximate surface area is 102 Å². The molecule has 0 saturated heterocycles. The lowest BCUT2D eigenvalue weighted by atomic mass is 10.2. The maximum atomic E-state index is 12.7. The van der Waals surface area contributed by atoms with Crippen molar-refractivity contribution in [3.63, 3.8) is 0 Å². The fourth-order valence-corrected chi connectivity index (χ4v) is 1.42. The molecule has 1 aromatic carbocycles. The van der Waals surface area contributed by atoms with Gasteiger partial charge in [0.15, 0.2) is 0 Å². The van der Waals surface area contributed by atoms with Gasteiger partial charge in [0.1, 0.15) is 17.3 Å². The fraction of sp³-hybridized carbons (Fsp3) is 0. The van der Waals surface area contributed by atoms with Crippen molar-refractivity contribution in [2.45, 2.75) is 0 Å². The normalized spacial score (nSPS) is 10.9. The summed E-state index contributed by atoms with van der Waals surface area (Å²) in [6.45, 7) is 0. The topological polar surface area (TPSA) is 30.2 Å². The SMILES string of the molecule is O=C(Cl)/C=C/c1ccc(-c2ccc(F)cc2)o1. The first-order valence-electron chi connectivity index (χ1n) is 4.88. The van der Waals surface area contributed by atoms with Crippen LogP contribution in [0.4, 0.5) is 4.39 Å². The van der Waals surface area contributed by atoms with Gasteiger partial charge in [-0.1, -0.05) is 0 Å². The van der Waals surface area contributed by atoms with E-state index in [0.29, 0.717) is 11.5 Å². The Bertz CT molecular complexity index is 555. The van der Waals surface area contributed by atoms with Gasteiger partial charge >= 0.3 is 0 Å². The van der Waals surface area contributed by atoms with Gasteiger partial charge in [-0.15, -0.1) is 0 Å². The summed E-state index contributed by atoms with van der Waals surface area (Å²) in [6, 6.07) is 9.40. The Morgan fingerprint density at radius 2 is 1.88 bits per heavy atom. The quantitative estimate of drug-likeness (QED) is 0.612. The van der Waals surface area contributed by atoms with Gasteiger partial charge < -0.3 is 4.42 Å². The number of furan rings is 1. The molecule has 0 atom stereocenters. The van der Waals surface area contributed by atoms with Crippen molar-refractivity contribution in [2.24, 2.45) is 0 Å². The molecule has 0 bridgehead atoms. The number of rotatable bonds is 3. The summed E-state index contributed by atoms with van der Waals surface area (Å²) in [5.74, 6) is 0.818. The lowest BCUT2D eigenvalue weighted by Crippen LogP contribution is -1.75. The summed E-state index contributed by atoms with van der Waals surface area (Å²) < 4.78 is 18.2. The van der Waals surface area contributed by atoms with Crippen molar-refractivity contribution >= 4 is 22.9 Å². The molecule has 0 N–H and O–H groups in total. The molecule has 0 fully saturated rings. The molecule has 2 aromatic rings. The zero-order valence-electron chi connectivity index (χ0n) is 8.69. The van der Waals surface area contributed by atoms with Crippen LogP contribution in [0.3, 0.4) is 0 Å². The van der Waals surface area contributed by atoms with E-state index < -0.39 is 5.24 Å². The van der Waals surface area contributed by atoms with Crippen LogP contribution in [0, 0.1) is 5.82 Å². The molecule has 0 aliphatic rings. The minimum atomic E-state index is -0.565. The summed E-state index contributed by atoms with van der Waals surface area (Å²) in [4.78, 5) is 10.5. The molecule has 0 amide bonds. The van der Waals surface area contributed by atoms with Gasteiger partial charge in [-0.05, 0) is 54.1 Å². The number of carbonyl (C=O) groups is 1. The van der Waals surface area contributed by atoms with Crippen molar-refractivity contribution in [3.05, 3.63) is 54.1 Å². The first-order chi connectivity index (χ1) is 8.15. The Morgan fingerprint density at radius 1 is 1.18 bits per heavy atom. The summed E-state index contributed by atoms with van der Waals surface area (Å²) in [7, 11) is 0. The van der Waals surface area contributed by atoms with Crippen LogP contribution >= 0.6 is 11.6 Å². The van der Waals surface area contributed by atoms with Crippen LogP contribution in [-0.4, -0.2) is 5.24 Å². The number of carbonyl (C=O) groups excluding carboxylic acids is 1. The third-order valence-corrected chi connectivity index (χ3v) is 2.26. The Kier molecular flexibility index (Phi) is 3.40. The molecule has 0 unspecified atom stereocenters. The molecular formula is C13H8ClFO2. The first-order valence-corrected chi connectivity index (χ1v) is 5.26. The van der Waals surface area contributed by atoms with Gasteiger partial charge in [0.2, 0.25) is 5.24 Å². The van der Waals surface area contributed by atoms with E-state index in [1.165, 1.54) is 24.3 Å². The van der Waals surface area contributed by atoms with E-state index in [4.69, 9.17) is 16.0 Å². The predicted octanol–water partition coefficient (Wildman–Crippen LogP) is 3.86. The van der Waals surface area contributed by atoms with E-state index >= 15 is 0 Å². The zero-order chi connectivity index (χ0) is 12.3. The van der Waals surface area contributed by atoms with Gasteiger partial charge in [0.25, 0.3) is 0 Å². The second kappa shape index (κ2) is 4.97. The molecule has 0 aliphatic heterocycles. The molecule has 1 aromatic heterocycles. The van der Waals surface area contributed by atoms with Crippen LogP contribution < -0.4 is 0 Å². The van der Waals surface area contributed by atoms with E-state index in [-0.39, 0.29) is 5.82 Å². The van der Waals surface area contributed by atoms with Crippen LogP contribution in [-0.2, 0) is 4.79 Å². The summed E-state index contributed by atoms with van der Waals surface area (Å²) in [5.41, 5.74) is 0.767. The highest BCUT2D eigenvalue weighted by molar-refractivity contribution is 6.66. The maximum absolute atomic E-state index is 12.7. The van der Waals surface area contributed by atoms with Crippen LogP contribution in [0.2, 0.25) is 0 Å². The highest BCUT2D eigenvalue weighted by atomic mass is 35.5. The average Bonchev–Trinajstić information content (AvgIpc) is 2.76. The minimum Gasteiger partial charge on any atom is -0.457 e. The van der Waals surface area contributed by atoms with E-state index in [9.17, 15) is 9.18 Å². The first kappa shape index (κ1) is 11.6. The molecule has 1 heterocycles. The number of halogens is 2. The van der Waals surface area contributed by atoms with Gasteiger partial charge in [0, 0.05) is 11.6 Å². The fourth-order valence-electron chi connectivity index (χ4n) is 1.36. The smallest absolute Gasteiger partial charge is 0.245 e. The number of hydrogen-bond acceptors (Lipinski definition) is 2. The van der Waals surface area contributed by atoms with Gasteiger partial charge in [-0.25, -0.2) is 4.39 Å². The van der Waals surface area contributed by atoms with Crippen molar-refractivity contribution in [1.29, 1.82) is 0 Å². The van der Waals surface area contributed by atoms with E-state index in [0.717, 1.165) is 5.56 Å². The molecule has 4 heteroatoms. The molecule has 2 nitrogen and oxygen atoms in total. The van der Waals surface area contributed by atoms with Crippen LogP contribution in [0.1, 0.15) is 5.76 Å². The molecule has 0 saturated carbocycles.